The second-order valence-electron chi connectivity index (χ2n) is 5.52. The Hall–Kier alpha value is -2.53. The molecule has 0 atom stereocenters. The molecule has 2 aromatic carbocycles. The SMILES string of the molecule is CN=c1scc(-c2ccccc2F)n1/N=C/c1ccc(C)cc1C. The Morgan fingerprint density at radius 3 is 2.62 bits per heavy atom. The van der Waals surface area contributed by atoms with Gasteiger partial charge in [0.05, 0.1) is 11.9 Å². The first-order valence-electron chi connectivity index (χ1n) is 7.60. The van der Waals surface area contributed by atoms with E-state index in [0.717, 1.165) is 11.1 Å². The van der Waals surface area contributed by atoms with Crippen LogP contribution in [0.15, 0.2) is 57.9 Å². The van der Waals surface area contributed by atoms with Crippen molar-refractivity contribution in [2.45, 2.75) is 13.8 Å². The molecule has 0 N–H and O–H groups in total. The van der Waals surface area contributed by atoms with Crippen LogP contribution in [0.3, 0.4) is 0 Å². The van der Waals surface area contributed by atoms with Crippen LogP contribution in [-0.4, -0.2) is 17.9 Å². The molecule has 24 heavy (non-hydrogen) atoms. The van der Waals surface area contributed by atoms with Crippen molar-refractivity contribution in [2.24, 2.45) is 10.1 Å². The van der Waals surface area contributed by atoms with Crippen LogP contribution in [0.2, 0.25) is 0 Å². The molecule has 0 saturated heterocycles. The number of halogens is 1. The van der Waals surface area contributed by atoms with Gasteiger partial charge in [0.25, 0.3) is 0 Å². The van der Waals surface area contributed by atoms with Crippen LogP contribution in [0.1, 0.15) is 16.7 Å². The van der Waals surface area contributed by atoms with Crippen molar-refractivity contribution < 1.29 is 4.39 Å². The van der Waals surface area contributed by atoms with Gasteiger partial charge >= 0.3 is 0 Å². The molecule has 3 nitrogen and oxygen atoms in total. The van der Waals surface area contributed by atoms with Crippen molar-refractivity contribution >= 4 is 17.6 Å². The van der Waals surface area contributed by atoms with E-state index >= 15 is 0 Å². The van der Waals surface area contributed by atoms with Gasteiger partial charge in [-0.2, -0.15) is 5.10 Å². The quantitative estimate of drug-likeness (QED) is 0.634. The zero-order valence-electron chi connectivity index (χ0n) is 13.8. The lowest BCUT2D eigenvalue weighted by Gasteiger charge is -2.05. The van der Waals surface area contributed by atoms with Gasteiger partial charge in [0.1, 0.15) is 5.82 Å². The number of thiazole rings is 1. The third-order valence-corrected chi connectivity index (χ3v) is 4.67. The Balaban J connectivity index is 2.09. The fourth-order valence-electron chi connectivity index (χ4n) is 2.51. The van der Waals surface area contributed by atoms with Crippen LogP contribution in [0.4, 0.5) is 4.39 Å². The molecule has 0 bridgehead atoms. The van der Waals surface area contributed by atoms with Crippen LogP contribution >= 0.6 is 11.3 Å². The lowest BCUT2D eigenvalue weighted by atomic mass is 10.1. The van der Waals surface area contributed by atoms with Crippen LogP contribution in [0, 0.1) is 19.7 Å². The Morgan fingerprint density at radius 1 is 1.12 bits per heavy atom. The Morgan fingerprint density at radius 2 is 1.92 bits per heavy atom. The van der Waals surface area contributed by atoms with Gasteiger partial charge < -0.3 is 0 Å². The molecule has 0 aliphatic rings. The highest BCUT2D eigenvalue weighted by Gasteiger charge is 2.11. The van der Waals surface area contributed by atoms with Crippen LogP contribution in [-0.2, 0) is 0 Å². The highest BCUT2D eigenvalue weighted by atomic mass is 32.1. The Kier molecular flexibility index (Phi) is 4.71. The normalized spacial score (nSPS) is 12.2. The van der Waals surface area contributed by atoms with E-state index in [0.29, 0.717) is 16.1 Å². The summed E-state index contributed by atoms with van der Waals surface area (Å²) in [6.07, 6.45) is 1.79. The van der Waals surface area contributed by atoms with Gasteiger partial charge in [-0.05, 0) is 37.1 Å². The maximum atomic E-state index is 14.1. The molecule has 0 saturated carbocycles. The molecule has 0 aliphatic carbocycles. The molecule has 1 aromatic heterocycles. The van der Waals surface area contributed by atoms with E-state index in [1.807, 2.05) is 17.5 Å². The maximum absolute atomic E-state index is 14.1. The molecular formula is C19H18FN3S. The lowest BCUT2D eigenvalue weighted by Crippen LogP contribution is -2.12. The predicted molar refractivity (Wildman–Crippen MR) is 98.1 cm³/mol. The van der Waals surface area contributed by atoms with Gasteiger partial charge in [0, 0.05) is 18.0 Å². The monoisotopic (exact) mass is 339 g/mol. The van der Waals surface area contributed by atoms with E-state index in [2.05, 4.69) is 36.1 Å². The topological polar surface area (TPSA) is 29.6 Å². The van der Waals surface area contributed by atoms with Gasteiger partial charge in [-0.25, -0.2) is 9.07 Å². The minimum absolute atomic E-state index is 0.270. The second-order valence-corrected chi connectivity index (χ2v) is 6.36. The van der Waals surface area contributed by atoms with Crippen LogP contribution in [0.5, 0.6) is 0 Å². The van der Waals surface area contributed by atoms with Crippen molar-refractivity contribution in [1.29, 1.82) is 0 Å². The summed E-state index contributed by atoms with van der Waals surface area (Å²) in [6, 6.07) is 12.9. The van der Waals surface area contributed by atoms with E-state index in [-0.39, 0.29) is 5.82 Å². The standard InChI is InChI=1S/C19H18FN3S/c1-13-8-9-15(14(2)10-13)11-22-23-18(12-24-19(23)21-3)16-6-4-5-7-17(16)20/h4-12H,1-3H3/b21-19?,22-11+. The minimum atomic E-state index is -0.270. The summed E-state index contributed by atoms with van der Waals surface area (Å²) in [7, 11) is 1.71. The molecule has 0 aliphatic heterocycles. The smallest absolute Gasteiger partial charge is 0.205 e. The summed E-state index contributed by atoms with van der Waals surface area (Å²) in [4.78, 5) is 4.96. The number of aryl methyl sites for hydroxylation is 2. The van der Waals surface area contributed by atoms with Gasteiger partial charge in [0.15, 0.2) is 0 Å². The second kappa shape index (κ2) is 6.93. The van der Waals surface area contributed by atoms with Gasteiger partial charge in [0.2, 0.25) is 4.80 Å². The summed E-state index contributed by atoms with van der Waals surface area (Å²) < 4.78 is 15.8. The zero-order chi connectivity index (χ0) is 17.1. The average Bonchev–Trinajstić information content (AvgIpc) is 2.97. The van der Waals surface area contributed by atoms with E-state index in [1.54, 1.807) is 30.1 Å². The van der Waals surface area contributed by atoms with Crippen molar-refractivity contribution in [3.63, 3.8) is 0 Å². The van der Waals surface area contributed by atoms with Gasteiger partial charge in [-0.3, -0.25) is 4.99 Å². The highest BCUT2D eigenvalue weighted by molar-refractivity contribution is 7.07. The van der Waals surface area contributed by atoms with Crippen molar-refractivity contribution in [2.75, 3.05) is 7.05 Å². The van der Waals surface area contributed by atoms with E-state index in [4.69, 9.17) is 0 Å². The molecule has 0 fully saturated rings. The Labute approximate surface area is 144 Å². The third-order valence-electron chi connectivity index (χ3n) is 3.76. The average molecular weight is 339 g/mol. The van der Waals surface area contributed by atoms with Crippen molar-refractivity contribution in [3.8, 4) is 11.3 Å². The summed E-state index contributed by atoms with van der Waals surface area (Å²) in [6.45, 7) is 4.11. The van der Waals surface area contributed by atoms with Crippen molar-refractivity contribution in [3.05, 3.63) is 75.2 Å². The van der Waals surface area contributed by atoms with Gasteiger partial charge in [-0.15, -0.1) is 11.3 Å². The number of hydrogen-bond acceptors (Lipinski definition) is 3. The first kappa shape index (κ1) is 16.3. The van der Waals surface area contributed by atoms with Crippen LogP contribution in [0.25, 0.3) is 11.3 Å². The molecule has 122 valence electrons. The van der Waals surface area contributed by atoms with Crippen LogP contribution < -0.4 is 4.80 Å². The molecule has 0 radical (unpaired) electrons. The Bertz CT molecular complexity index is 967. The highest BCUT2D eigenvalue weighted by Crippen LogP contribution is 2.23. The third kappa shape index (κ3) is 3.21. The molecular weight excluding hydrogens is 321 g/mol. The minimum Gasteiger partial charge on any atom is -0.261 e. The summed E-state index contributed by atoms with van der Waals surface area (Å²) in [5.74, 6) is -0.270. The van der Waals surface area contributed by atoms with E-state index in [1.165, 1.54) is 23.0 Å². The number of benzene rings is 2. The molecule has 1 heterocycles. The molecule has 0 amide bonds. The van der Waals surface area contributed by atoms with Crippen molar-refractivity contribution in [1.82, 2.24) is 4.68 Å². The molecule has 3 aromatic rings. The zero-order valence-corrected chi connectivity index (χ0v) is 14.6. The molecule has 3 rings (SSSR count). The first-order chi connectivity index (χ1) is 11.6. The fourth-order valence-corrected chi connectivity index (χ4v) is 3.30. The summed E-state index contributed by atoms with van der Waals surface area (Å²) in [5.41, 5.74) is 4.60. The first-order valence-corrected chi connectivity index (χ1v) is 8.48. The lowest BCUT2D eigenvalue weighted by molar-refractivity contribution is 0.629. The predicted octanol–water partition coefficient (Wildman–Crippen LogP) is 4.39. The van der Waals surface area contributed by atoms with E-state index in [9.17, 15) is 4.39 Å². The number of hydrogen-bond donors (Lipinski definition) is 0. The number of nitrogens with zero attached hydrogens (tertiary/aromatic N) is 3. The number of rotatable bonds is 3. The largest absolute Gasteiger partial charge is 0.261 e. The van der Waals surface area contributed by atoms with Gasteiger partial charge in [-0.1, -0.05) is 35.9 Å². The molecule has 0 unspecified atom stereocenters. The van der Waals surface area contributed by atoms with E-state index < -0.39 is 0 Å². The number of aromatic nitrogens is 1. The maximum Gasteiger partial charge on any atom is 0.205 e. The molecule has 0 spiro atoms. The fraction of sp³-hybridized carbons (Fsp3) is 0.158. The summed E-state index contributed by atoms with van der Waals surface area (Å²) >= 11 is 1.44. The molecule has 5 heteroatoms. The summed E-state index contributed by atoms with van der Waals surface area (Å²) in [5, 5.41) is 6.43.